The van der Waals surface area contributed by atoms with Crippen LogP contribution < -0.4 is 73.1 Å². The zero-order chi connectivity index (χ0) is 78.8. The van der Waals surface area contributed by atoms with Crippen LogP contribution in [0.3, 0.4) is 0 Å². The molecule has 10 aliphatic rings. The minimum Gasteiger partial charge on any atom is -0.508 e. The molecule has 6 heterocycles. The highest BCUT2D eigenvalue weighted by molar-refractivity contribution is 6.32. The van der Waals surface area contributed by atoms with Gasteiger partial charge in [-0.15, -0.1) is 0 Å². The lowest BCUT2D eigenvalue weighted by Gasteiger charge is -2.54. The van der Waals surface area contributed by atoms with E-state index in [9.17, 15) is 55.2 Å². The number of aliphatic hydroxyl groups is 5. The van der Waals surface area contributed by atoms with Gasteiger partial charge in [0.25, 0.3) is 0 Å². The quantitative estimate of drug-likeness (QED) is 0.0591. The van der Waals surface area contributed by atoms with Crippen LogP contribution in [0.1, 0.15) is 150 Å². The van der Waals surface area contributed by atoms with Gasteiger partial charge in [0, 0.05) is 36.3 Å². The minimum absolute atomic E-state index is 0.0782. The molecule has 1 saturated heterocycles. The molecule has 6 aliphatic heterocycles. The number of hydrogen-bond donors (Lipinski definition) is 19. The fraction of sp³-hybridized carbons (Fsp3) is 0.487. The monoisotopic (exact) mass is 1560 g/mol. The highest BCUT2D eigenvalue weighted by Crippen LogP contribution is 2.55. The number of urea groups is 1. The first-order valence-electron chi connectivity index (χ1n) is 36.8. The molecular weight excluding hydrogens is 1470 g/mol. The van der Waals surface area contributed by atoms with E-state index >= 15 is 28.8 Å². The fourth-order valence-electron chi connectivity index (χ4n) is 16.2. The van der Waals surface area contributed by atoms with Crippen molar-refractivity contribution >= 4 is 76.5 Å². The molecule has 4 saturated carbocycles. The van der Waals surface area contributed by atoms with Gasteiger partial charge < -0.3 is 113 Å². The van der Waals surface area contributed by atoms with E-state index in [1.807, 2.05) is 20.8 Å². The topological polar surface area (TPSA) is 499 Å². The van der Waals surface area contributed by atoms with Gasteiger partial charge in [-0.3, -0.25) is 43.7 Å². The van der Waals surface area contributed by atoms with Gasteiger partial charge in [-0.1, -0.05) is 81.4 Å². The molecule has 20 N–H and O–H groups in total. The van der Waals surface area contributed by atoms with E-state index in [2.05, 4.69) is 53.2 Å². The predicted octanol–water partition coefficient (Wildman–Crippen LogP) is 3.61. The summed E-state index contributed by atoms with van der Waals surface area (Å²) in [5, 5.41) is 120. The van der Waals surface area contributed by atoms with Gasteiger partial charge in [0.15, 0.2) is 11.5 Å². The van der Waals surface area contributed by atoms with Gasteiger partial charge in [0.05, 0.1) is 22.5 Å². The van der Waals surface area contributed by atoms with Crippen molar-refractivity contribution in [2.45, 2.75) is 183 Å². The number of benzene rings is 5. The molecule has 0 spiro atoms. The number of nitrogens with two attached hydrogens (primary N) is 1. The Morgan fingerprint density at radius 2 is 1.25 bits per heavy atom. The first-order valence-corrected chi connectivity index (χ1v) is 37.6. The van der Waals surface area contributed by atoms with Gasteiger partial charge in [-0.05, 0) is 164 Å². The summed E-state index contributed by atoms with van der Waals surface area (Å²) in [5.41, 5.74) is 3.93. The second-order valence-corrected chi connectivity index (χ2v) is 30.6. The van der Waals surface area contributed by atoms with Gasteiger partial charge in [-0.25, -0.2) is 4.79 Å². The molecule has 15 bridgehead atoms. The molecule has 5 aromatic rings. The maximum Gasteiger partial charge on any atom is 0.321 e. The second-order valence-electron chi connectivity index (χ2n) is 29.8. The summed E-state index contributed by atoms with van der Waals surface area (Å²) in [6.45, 7) is 5.32. The summed E-state index contributed by atoms with van der Waals surface area (Å²) in [4.78, 5) is 136. The van der Waals surface area contributed by atoms with Gasteiger partial charge in [0.2, 0.25) is 59.3 Å². The number of carbonyl (C=O) groups excluding carboxylic acids is 9. The maximum absolute atomic E-state index is 16.3. The number of halogens is 2. The summed E-state index contributed by atoms with van der Waals surface area (Å²) in [6.07, 6.45) is -7.01. The fourth-order valence-corrected chi connectivity index (χ4v) is 16.6. The Kier molecular flexibility index (Phi) is 24.7. The van der Waals surface area contributed by atoms with Crippen LogP contribution in [0, 0.1) is 29.6 Å². The van der Waals surface area contributed by atoms with Crippen molar-refractivity contribution in [1.29, 1.82) is 0 Å². The Hall–Kier alpha value is -9.61. The molecule has 0 radical (unpaired) electrons. The van der Waals surface area contributed by atoms with Crippen LogP contribution >= 0.6 is 23.2 Å². The van der Waals surface area contributed by atoms with Gasteiger partial charge >= 0.3 is 6.03 Å². The molecule has 4 aliphatic carbocycles. The highest BCUT2D eigenvalue weighted by Gasteiger charge is 2.51. The summed E-state index contributed by atoms with van der Waals surface area (Å²) in [6, 6.07) is -0.606. The Bertz CT molecular complexity index is 4350. The SMILES string of the molecule is CCCCCCNC(=O)NC(=O)CC1NC(=O)C(NC(=O)[C@@H](CC(C)C)NC)[C@H](O)c2ccc(c(Cl)c2)Oc2cc3cc(c2O[C@H]2O[C@H](CN)[C@@H](O)[C@H](O)[C@H]2O)Oc2ccc(cc2Cl)[C@@H](O)[C@@H]2NC(=O)[C@H](NC(=O)C3NC1=O)c1ccc(O)c(c1)-c1c(O)cc(O)cc1[C@H](C(=O)NC1C3CC4CC(C3)CC1C4)NC2=O. The van der Waals surface area contributed by atoms with Crippen LogP contribution in [0.5, 0.6) is 46.0 Å². The Morgan fingerprint density at radius 1 is 0.636 bits per heavy atom. The summed E-state index contributed by atoms with van der Waals surface area (Å²) in [5.74, 6) is -13.0. The van der Waals surface area contributed by atoms with Crippen molar-refractivity contribution in [2.75, 3.05) is 20.1 Å². The molecular formula is C76H91Cl2N11O21. The lowest BCUT2D eigenvalue weighted by atomic mass is 9.54. The van der Waals surface area contributed by atoms with Crippen LogP contribution in [0.4, 0.5) is 4.79 Å². The number of imide groups is 1. The summed E-state index contributed by atoms with van der Waals surface area (Å²) < 4.78 is 25.6. The highest BCUT2D eigenvalue weighted by atomic mass is 35.5. The first kappa shape index (κ1) is 79.9. The molecule has 5 fully saturated rings. The number of phenols is 3. The molecule has 5 aromatic carbocycles. The number of amides is 10. The number of hydrogen-bond acceptors (Lipinski definition) is 23. The van der Waals surface area contributed by atoms with Crippen LogP contribution in [0.2, 0.25) is 10.0 Å². The zero-order valence-electron chi connectivity index (χ0n) is 60.5. The third-order valence-corrected chi connectivity index (χ3v) is 22.1. The molecule has 590 valence electrons. The number of fused-ring (bicyclic) bond motifs is 15. The number of phenolic OH excluding ortho intramolecular Hbond substituents is 3. The van der Waals surface area contributed by atoms with Crippen molar-refractivity contribution in [3.05, 3.63) is 117 Å². The van der Waals surface area contributed by atoms with E-state index in [0.29, 0.717) is 18.3 Å². The molecule has 110 heavy (non-hydrogen) atoms. The van der Waals surface area contributed by atoms with Crippen LogP contribution in [0.25, 0.3) is 11.1 Å². The first-order chi connectivity index (χ1) is 52.5. The normalized spacial score (nSPS) is 28.6. The van der Waals surface area contributed by atoms with Gasteiger partial charge in [0.1, 0.15) is 102 Å². The molecule has 34 heteroatoms. The lowest BCUT2D eigenvalue weighted by Crippen LogP contribution is -2.60. The molecule has 3 unspecified atom stereocenters. The lowest BCUT2D eigenvalue weighted by molar-refractivity contribution is -0.270. The molecule has 14 atom stereocenters. The average Bonchev–Trinajstić information content (AvgIpc) is 0.761. The number of nitrogens with one attached hydrogen (secondary N) is 10. The van der Waals surface area contributed by atoms with Crippen molar-refractivity contribution in [1.82, 2.24) is 53.2 Å². The van der Waals surface area contributed by atoms with Crippen LogP contribution in [-0.2, 0) is 43.1 Å². The van der Waals surface area contributed by atoms with E-state index in [1.54, 1.807) is 0 Å². The van der Waals surface area contributed by atoms with Crippen molar-refractivity contribution in [3.8, 4) is 57.1 Å². The molecule has 15 rings (SSSR count). The number of carbonyl (C=O) groups is 9. The average molecular weight is 1570 g/mol. The minimum atomic E-state index is -2.34. The Morgan fingerprint density at radius 3 is 1.87 bits per heavy atom. The number of rotatable bonds is 17. The number of ether oxygens (including phenoxy) is 4. The van der Waals surface area contributed by atoms with E-state index in [4.69, 9.17) is 47.9 Å². The van der Waals surface area contributed by atoms with E-state index in [0.717, 1.165) is 106 Å². The smallest absolute Gasteiger partial charge is 0.321 e. The molecule has 10 amide bonds. The van der Waals surface area contributed by atoms with Crippen molar-refractivity contribution in [2.24, 2.45) is 35.3 Å². The predicted molar refractivity (Wildman–Crippen MR) is 393 cm³/mol. The molecule has 0 aromatic heterocycles. The standard InChI is InChI=1S/C76H91Cl2N11O21/c1-5-6-7-8-15-81-76(106)83-54(93)29-46-69(100)85-58-39-25-51(107-49-13-10-35(23-43(49)77)62(94)60(73(104)82-46)88-68(99)45(80-4)16-31(2)3)67(110-75-66(98)65(97)64(96)53(30-79)109-75)52(26-39)108-50-14-11-36(24-44(50)78)63(95)61-74(105)87-59(72(103)84-56-37-18-32-17-33(20-37)21-38(56)19-32)42-27-40(90)28-48(92)55(42)41-22-34(9-12-47(41)91)57(70(101)89-61)86-71(58)102/h9-14,22-28,31-33,37-38,45-46,53,56-66,75,80,90-92,94-98H,5-8,15-21,29-30,79H2,1-4H3,(H,82,104)(H,84,103)(H,85,100)(H,86,102)(H,87,105)(H,88,99)(H,89,101)(H2,81,83,93,106)/t32?,33?,37?,38?,45-,46?,53-,56?,57-,58?,59-,60?,61+,62-,63-,64-,65+,66-,75-/m1/s1. The van der Waals surface area contributed by atoms with E-state index in [-0.39, 0.29) is 91.7 Å². The number of likely N-dealkylation sites (N-methyl/N-ethyl adjacent to an activating group) is 1. The summed E-state index contributed by atoms with van der Waals surface area (Å²) >= 11 is 14.2. The Balaban J connectivity index is 1.05. The van der Waals surface area contributed by atoms with E-state index in [1.165, 1.54) is 31.3 Å². The Labute approximate surface area is 641 Å². The second kappa shape index (κ2) is 33.9. The van der Waals surface area contributed by atoms with Crippen molar-refractivity contribution in [3.63, 3.8) is 0 Å². The number of aliphatic hydroxyl groups excluding tert-OH is 5. The van der Waals surface area contributed by atoms with Crippen molar-refractivity contribution < 1.29 is 103 Å². The van der Waals surface area contributed by atoms with Gasteiger partial charge in [-0.2, -0.15) is 0 Å². The third kappa shape index (κ3) is 17.3. The largest absolute Gasteiger partial charge is 0.508 e. The van der Waals surface area contributed by atoms with E-state index < -0.39 is 192 Å². The third-order valence-electron chi connectivity index (χ3n) is 21.6. The molecule has 32 nitrogen and oxygen atoms in total. The van der Waals surface area contributed by atoms with Crippen LogP contribution in [0.15, 0.2) is 78.9 Å². The number of aromatic hydroxyl groups is 3. The summed E-state index contributed by atoms with van der Waals surface area (Å²) in [7, 11) is 1.49. The zero-order valence-corrected chi connectivity index (χ0v) is 62.0. The maximum atomic E-state index is 16.3. The van der Waals surface area contributed by atoms with Crippen LogP contribution in [-0.4, -0.2) is 175 Å². The number of unbranched alkanes of at least 4 members (excludes halogenated alkanes) is 3.